The van der Waals surface area contributed by atoms with Gasteiger partial charge in [-0.25, -0.2) is 4.98 Å². The first-order valence-electron chi connectivity index (χ1n) is 5.54. The van der Waals surface area contributed by atoms with E-state index < -0.39 is 0 Å². The van der Waals surface area contributed by atoms with E-state index in [-0.39, 0.29) is 6.61 Å². The molecule has 0 atom stereocenters. The highest BCUT2D eigenvalue weighted by atomic mass is 35.5. The standard InChI is InChI=1S/C14H10ClNO2/c15-11-6-2-1-5-10(11)14-16-12-7-3-4-9(8-17)13(12)18-14/h1-7,17H,8H2. The van der Waals surface area contributed by atoms with Crippen molar-refractivity contribution in [1.29, 1.82) is 0 Å². The van der Waals surface area contributed by atoms with Gasteiger partial charge in [-0.15, -0.1) is 0 Å². The summed E-state index contributed by atoms with van der Waals surface area (Å²) in [6.07, 6.45) is 0. The van der Waals surface area contributed by atoms with Crippen LogP contribution in [0.4, 0.5) is 0 Å². The number of aliphatic hydroxyl groups is 1. The molecule has 3 aromatic rings. The third-order valence-electron chi connectivity index (χ3n) is 2.77. The Hall–Kier alpha value is -1.84. The summed E-state index contributed by atoms with van der Waals surface area (Å²) in [5, 5.41) is 9.85. The van der Waals surface area contributed by atoms with Crippen molar-refractivity contribution < 1.29 is 9.52 Å². The molecule has 0 aliphatic rings. The number of aliphatic hydroxyl groups excluding tert-OH is 1. The van der Waals surface area contributed by atoms with Gasteiger partial charge in [-0.3, -0.25) is 0 Å². The lowest BCUT2D eigenvalue weighted by molar-refractivity contribution is 0.282. The molecule has 0 spiro atoms. The maximum Gasteiger partial charge on any atom is 0.228 e. The Bertz CT molecular complexity index is 706. The molecule has 0 unspecified atom stereocenters. The van der Waals surface area contributed by atoms with E-state index in [4.69, 9.17) is 16.0 Å². The van der Waals surface area contributed by atoms with Gasteiger partial charge >= 0.3 is 0 Å². The van der Waals surface area contributed by atoms with Gasteiger partial charge in [-0.2, -0.15) is 0 Å². The van der Waals surface area contributed by atoms with Crippen LogP contribution in [0, 0.1) is 0 Å². The summed E-state index contributed by atoms with van der Waals surface area (Å²) in [5.74, 6) is 0.469. The molecule has 1 N–H and O–H groups in total. The second-order valence-corrected chi connectivity index (χ2v) is 4.33. The molecule has 0 bridgehead atoms. The fraction of sp³-hybridized carbons (Fsp3) is 0.0714. The lowest BCUT2D eigenvalue weighted by Crippen LogP contribution is -1.81. The predicted molar refractivity (Wildman–Crippen MR) is 70.4 cm³/mol. The molecule has 0 saturated heterocycles. The lowest BCUT2D eigenvalue weighted by Gasteiger charge is -1.97. The van der Waals surface area contributed by atoms with Crippen molar-refractivity contribution in [1.82, 2.24) is 4.98 Å². The van der Waals surface area contributed by atoms with E-state index in [0.29, 0.717) is 16.5 Å². The highest BCUT2D eigenvalue weighted by Crippen LogP contribution is 2.30. The molecule has 3 rings (SSSR count). The van der Waals surface area contributed by atoms with Crippen LogP contribution < -0.4 is 0 Å². The van der Waals surface area contributed by atoms with E-state index in [9.17, 15) is 5.11 Å². The number of oxazole rings is 1. The van der Waals surface area contributed by atoms with Crippen molar-refractivity contribution in [2.24, 2.45) is 0 Å². The van der Waals surface area contributed by atoms with Gasteiger partial charge < -0.3 is 9.52 Å². The maximum absolute atomic E-state index is 9.26. The summed E-state index contributed by atoms with van der Waals surface area (Å²) >= 11 is 6.11. The van der Waals surface area contributed by atoms with Gasteiger partial charge in [0.05, 0.1) is 17.2 Å². The van der Waals surface area contributed by atoms with Crippen molar-refractivity contribution >= 4 is 22.7 Å². The predicted octanol–water partition coefficient (Wildman–Crippen LogP) is 3.64. The second kappa shape index (κ2) is 4.44. The summed E-state index contributed by atoms with van der Waals surface area (Å²) in [5.41, 5.74) is 2.80. The molecule has 0 aliphatic carbocycles. The smallest absolute Gasteiger partial charge is 0.228 e. The zero-order valence-corrected chi connectivity index (χ0v) is 10.2. The molecule has 1 aromatic heterocycles. The topological polar surface area (TPSA) is 46.3 Å². The highest BCUT2D eigenvalue weighted by molar-refractivity contribution is 6.33. The molecule has 4 heteroatoms. The minimum Gasteiger partial charge on any atom is -0.436 e. The SMILES string of the molecule is OCc1cccc2nc(-c3ccccc3Cl)oc12. The number of halogens is 1. The number of hydrogen-bond acceptors (Lipinski definition) is 3. The van der Waals surface area contributed by atoms with Crippen LogP contribution in [0.1, 0.15) is 5.56 Å². The summed E-state index contributed by atoms with van der Waals surface area (Å²) in [6, 6.07) is 12.9. The molecular formula is C14H10ClNO2. The minimum atomic E-state index is -0.0749. The first-order valence-corrected chi connectivity index (χ1v) is 5.91. The number of hydrogen-bond donors (Lipinski definition) is 1. The van der Waals surface area contributed by atoms with Crippen LogP contribution in [-0.2, 0) is 6.61 Å². The zero-order chi connectivity index (χ0) is 12.5. The second-order valence-electron chi connectivity index (χ2n) is 3.92. The third kappa shape index (κ3) is 1.78. The van der Waals surface area contributed by atoms with Crippen LogP contribution in [0.25, 0.3) is 22.6 Å². The van der Waals surface area contributed by atoms with Crippen molar-refractivity contribution in [2.45, 2.75) is 6.61 Å². The molecule has 3 nitrogen and oxygen atoms in total. The van der Waals surface area contributed by atoms with Crippen LogP contribution in [0.5, 0.6) is 0 Å². The van der Waals surface area contributed by atoms with Crippen molar-refractivity contribution in [3.63, 3.8) is 0 Å². The minimum absolute atomic E-state index is 0.0749. The Morgan fingerprint density at radius 3 is 2.72 bits per heavy atom. The molecule has 18 heavy (non-hydrogen) atoms. The lowest BCUT2D eigenvalue weighted by atomic mass is 10.2. The van der Waals surface area contributed by atoms with Crippen molar-refractivity contribution in [2.75, 3.05) is 0 Å². The Balaban J connectivity index is 2.23. The van der Waals surface area contributed by atoms with E-state index in [1.165, 1.54) is 0 Å². The quantitative estimate of drug-likeness (QED) is 0.764. The number of fused-ring (bicyclic) bond motifs is 1. The Kier molecular flexibility index (Phi) is 2.78. The van der Waals surface area contributed by atoms with E-state index in [1.54, 1.807) is 6.07 Å². The fourth-order valence-corrected chi connectivity index (χ4v) is 2.10. The highest BCUT2D eigenvalue weighted by Gasteiger charge is 2.12. The van der Waals surface area contributed by atoms with Crippen LogP contribution in [0.3, 0.4) is 0 Å². The summed E-state index contributed by atoms with van der Waals surface area (Å²) in [4.78, 5) is 4.39. The summed E-state index contributed by atoms with van der Waals surface area (Å²) < 4.78 is 5.70. The molecule has 0 aliphatic heterocycles. The molecule has 2 aromatic carbocycles. The molecule has 0 saturated carbocycles. The number of benzene rings is 2. The average molecular weight is 260 g/mol. The number of rotatable bonds is 2. The fourth-order valence-electron chi connectivity index (χ4n) is 1.88. The molecule has 90 valence electrons. The molecular weight excluding hydrogens is 250 g/mol. The maximum atomic E-state index is 9.26. The summed E-state index contributed by atoms with van der Waals surface area (Å²) in [7, 11) is 0. The van der Waals surface area contributed by atoms with Gasteiger partial charge in [0.2, 0.25) is 5.89 Å². The number of para-hydroxylation sites is 1. The van der Waals surface area contributed by atoms with Crippen LogP contribution in [-0.4, -0.2) is 10.1 Å². The monoisotopic (exact) mass is 259 g/mol. The first kappa shape index (κ1) is 11.3. The van der Waals surface area contributed by atoms with Crippen LogP contribution >= 0.6 is 11.6 Å². The number of nitrogens with zero attached hydrogens (tertiary/aromatic N) is 1. The van der Waals surface area contributed by atoms with Gasteiger partial charge in [-0.1, -0.05) is 35.9 Å². The van der Waals surface area contributed by atoms with Gasteiger partial charge in [0.15, 0.2) is 5.58 Å². The van der Waals surface area contributed by atoms with E-state index in [0.717, 1.165) is 16.6 Å². The number of aromatic nitrogens is 1. The van der Waals surface area contributed by atoms with Crippen molar-refractivity contribution in [3.05, 3.63) is 53.1 Å². The largest absolute Gasteiger partial charge is 0.436 e. The Morgan fingerprint density at radius 1 is 1.11 bits per heavy atom. The van der Waals surface area contributed by atoms with Gasteiger partial charge in [0, 0.05) is 5.56 Å². The van der Waals surface area contributed by atoms with Crippen molar-refractivity contribution in [3.8, 4) is 11.5 Å². The average Bonchev–Trinajstić information content (AvgIpc) is 2.82. The van der Waals surface area contributed by atoms with E-state index in [2.05, 4.69) is 4.98 Å². The van der Waals surface area contributed by atoms with E-state index in [1.807, 2.05) is 36.4 Å². The summed E-state index contributed by atoms with van der Waals surface area (Å²) in [6.45, 7) is -0.0749. The molecule has 1 heterocycles. The Labute approximate surface area is 109 Å². The van der Waals surface area contributed by atoms with Crippen LogP contribution in [0.2, 0.25) is 5.02 Å². The van der Waals surface area contributed by atoms with Gasteiger partial charge in [-0.05, 0) is 18.2 Å². The molecule has 0 radical (unpaired) electrons. The molecule has 0 fully saturated rings. The third-order valence-corrected chi connectivity index (χ3v) is 3.10. The van der Waals surface area contributed by atoms with E-state index >= 15 is 0 Å². The Morgan fingerprint density at radius 2 is 1.94 bits per heavy atom. The van der Waals surface area contributed by atoms with Crippen LogP contribution in [0.15, 0.2) is 46.9 Å². The van der Waals surface area contributed by atoms with Gasteiger partial charge in [0.1, 0.15) is 5.52 Å². The zero-order valence-electron chi connectivity index (χ0n) is 9.43. The molecule has 0 amide bonds. The first-order chi connectivity index (χ1) is 8.79. The van der Waals surface area contributed by atoms with Gasteiger partial charge in [0.25, 0.3) is 0 Å². The normalized spacial score (nSPS) is 11.0.